The maximum absolute atomic E-state index is 12.8. The molecule has 3 heterocycles. The SMILES string of the molecule is NC(Cc1cnc[nH]1)C(=O)NC(Cc1cnc[nH]1)C(=O)NCC(=O)NC(Cc1cnc[nH]1)C(=O)O. The van der Waals surface area contributed by atoms with Crippen LogP contribution in [0.4, 0.5) is 0 Å². The molecule has 15 nitrogen and oxygen atoms in total. The maximum Gasteiger partial charge on any atom is 0.326 e. The Labute approximate surface area is 198 Å². The van der Waals surface area contributed by atoms with Crippen LogP contribution in [0.1, 0.15) is 17.1 Å². The first-order valence-corrected chi connectivity index (χ1v) is 10.6. The molecule has 0 saturated carbocycles. The van der Waals surface area contributed by atoms with E-state index in [1.54, 1.807) is 0 Å². The molecule has 0 aliphatic carbocycles. The average molecular weight is 486 g/mol. The predicted octanol–water partition coefficient (Wildman–Crippen LogP) is -2.62. The molecule has 0 aliphatic rings. The second kappa shape index (κ2) is 12.1. The summed E-state index contributed by atoms with van der Waals surface area (Å²) in [5.74, 6) is -3.19. The molecule has 3 aromatic rings. The number of nitrogens with one attached hydrogen (secondary N) is 6. The number of carbonyl (C=O) groups excluding carboxylic acids is 3. The number of nitrogens with two attached hydrogens (primary N) is 1. The molecule has 0 aliphatic heterocycles. The minimum atomic E-state index is -1.24. The number of hydrogen-bond acceptors (Lipinski definition) is 8. The number of amides is 3. The highest BCUT2D eigenvalue weighted by Crippen LogP contribution is 2.02. The zero-order valence-electron chi connectivity index (χ0n) is 18.5. The van der Waals surface area contributed by atoms with E-state index in [0.29, 0.717) is 17.1 Å². The van der Waals surface area contributed by atoms with Gasteiger partial charge in [0.05, 0.1) is 31.6 Å². The summed E-state index contributed by atoms with van der Waals surface area (Å²) in [5.41, 5.74) is 7.70. The van der Waals surface area contributed by atoms with Gasteiger partial charge in [0.1, 0.15) is 12.1 Å². The Bertz CT molecular complexity index is 1100. The topological polar surface area (TPSA) is 237 Å². The number of aliphatic carboxylic acids is 1. The zero-order valence-corrected chi connectivity index (χ0v) is 18.5. The third kappa shape index (κ3) is 7.78. The van der Waals surface area contributed by atoms with Crippen molar-refractivity contribution in [3.05, 3.63) is 54.7 Å². The molecule has 0 spiro atoms. The molecule has 3 atom stereocenters. The van der Waals surface area contributed by atoms with Gasteiger partial charge in [0.15, 0.2) is 0 Å². The smallest absolute Gasteiger partial charge is 0.326 e. The van der Waals surface area contributed by atoms with E-state index >= 15 is 0 Å². The van der Waals surface area contributed by atoms with Crippen LogP contribution < -0.4 is 21.7 Å². The number of hydrogen-bond donors (Lipinski definition) is 8. The Hall–Kier alpha value is -4.53. The third-order valence-electron chi connectivity index (χ3n) is 4.98. The van der Waals surface area contributed by atoms with E-state index in [4.69, 9.17) is 5.73 Å². The van der Waals surface area contributed by atoms with Gasteiger partial charge in [-0.2, -0.15) is 0 Å². The molecular weight excluding hydrogens is 460 g/mol. The molecule has 15 heteroatoms. The van der Waals surface area contributed by atoms with Crippen LogP contribution in [0.15, 0.2) is 37.6 Å². The molecule has 0 aromatic carbocycles. The zero-order chi connectivity index (χ0) is 25.2. The first-order valence-electron chi connectivity index (χ1n) is 10.6. The normalized spacial score (nSPS) is 13.4. The second-order valence-corrected chi connectivity index (χ2v) is 7.69. The van der Waals surface area contributed by atoms with E-state index in [1.165, 1.54) is 37.6 Å². The number of aromatic nitrogens is 6. The van der Waals surface area contributed by atoms with E-state index in [-0.39, 0.29) is 19.3 Å². The lowest BCUT2D eigenvalue weighted by molar-refractivity contribution is -0.141. The Morgan fingerprint density at radius 2 is 1.31 bits per heavy atom. The van der Waals surface area contributed by atoms with Crippen LogP contribution in [0.25, 0.3) is 0 Å². The molecular formula is C20H26N10O5. The monoisotopic (exact) mass is 486 g/mol. The minimum absolute atomic E-state index is 0.0122. The van der Waals surface area contributed by atoms with Crippen molar-refractivity contribution >= 4 is 23.7 Å². The summed E-state index contributed by atoms with van der Waals surface area (Å²) in [5, 5.41) is 16.7. The predicted molar refractivity (Wildman–Crippen MR) is 119 cm³/mol. The lowest BCUT2D eigenvalue weighted by atomic mass is 10.1. The van der Waals surface area contributed by atoms with Gasteiger partial charge in [-0.25, -0.2) is 19.7 Å². The van der Waals surface area contributed by atoms with Crippen molar-refractivity contribution in [3.8, 4) is 0 Å². The van der Waals surface area contributed by atoms with E-state index in [9.17, 15) is 24.3 Å². The number of carbonyl (C=O) groups is 4. The first-order chi connectivity index (χ1) is 16.8. The number of rotatable bonds is 13. The second-order valence-electron chi connectivity index (χ2n) is 7.69. The molecule has 9 N–H and O–H groups in total. The van der Waals surface area contributed by atoms with Crippen LogP contribution in [-0.4, -0.2) is 83.4 Å². The molecule has 186 valence electrons. The molecule has 0 saturated heterocycles. The van der Waals surface area contributed by atoms with Gasteiger partial charge < -0.3 is 41.7 Å². The fraction of sp³-hybridized carbons (Fsp3) is 0.350. The Morgan fingerprint density at radius 3 is 1.80 bits per heavy atom. The number of H-pyrrole nitrogens is 3. The highest BCUT2D eigenvalue weighted by atomic mass is 16.4. The van der Waals surface area contributed by atoms with E-state index in [0.717, 1.165) is 0 Å². The third-order valence-corrected chi connectivity index (χ3v) is 4.98. The summed E-state index contributed by atoms with van der Waals surface area (Å²) in [4.78, 5) is 69.2. The van der Waals surface area contributed by atoms with Crippen molar-refractivity contribution in [3.63, 3.8) is 0 Å². The van der Waals surface area contributed by atoms with Crippen LogP contribution in [0.3, 0.4) is 0 Å². The van der Waals surface area contributed by atoms with Crippen LogP contribution in [0, 0.1) is 0 Å². The van der Waals surface area contributed by atoms with Crippen molar-refractivity contribution in [1.29, 1.82) is 0 Å². The van der Waals surface area contributed by atoms with Crippen molar-refractivity contribution < 1.29 is 24.3 Å². The van der Waals surface area contributed by atoms with E-state index < -0.39 is 48.4 Å². The number of carboxylic acids is 1. The summed E-state index contributed by atoms with van der Waals surface area (Å²) >= 11 is 0. The van der Waals surface area contributed by atoms with Gasteiger partial charge >= 0.3 is 5.97 Å². The number of imidazole rings is 3. The summed E-state index contributed by atoms with van der Waals surface area (Å²) in [6.45, 7) is -0.499. The fourth-order valence-corrected chi connectivity index (χ4v) is 3.18. The number of carboxylic acid groups (broad SMARTS) is 1. The minimum Gasteiger partial charge on any atom is -0.480 e. The molecule has 3 aromatic heterocycles. The van der Waals surface area contributed by atoms with Crippen molar-refractivity contribution in [2.75, 3.05) is 6.54 Å². The largest absolute Gasteiger partial charge is 0.480 e. The van der Waals surface area contributed by atoms with Crippen LogP contribution in [-0.2, 0) is 38.4 Å². The van der Waals surface area contributed by atoms with Crippen molar-refractivity contribution in [2.45, 2.75) is 37.4 Å². The highest BCUT2D eigenvalue weighted by Gasteiger charge is 2.26. The molecule has 0 radical (unpaired) electrons. The summed E-state index contributed by atoms with van der Waals surface area (Å²) in [6.07, 6.45) is 9.00. The standard InChI is InChI=1S/C20H26N10O5/c21-14(1-11-4-22-8-26-11)18(32)30-15(2-12-5-23-9-27-12)19(33)25-7-17(31)29-16(20(34)35)3-13-6-24-10-28-13/h4-6,8-10,14-16H,1-3,7,21H2,(H,22,26)(H,23,27)(H,24,28)(H,25,33)(H,29,31)(H,30,32)(H,34,35). The van der Waals surface area contributed by atoms with E-state index in [2.05, 4.69) is 45.9 Å². The molecule has 0 fully saturated rings. The Morgan fingerprint density at radius 1 is 0.800 bits per heavy atom. The molecule has 3 amide bonds. The maximum atomic E-state index is 12.8. The molecule has 0 bridgehead atoms. The molecule has 35 heavy (non-hydrogen) atoms. The van der Waals surface area contributed by atoms with Gasteiger partial charge in [-0.1, -0.05) is 0 Å². The summed E-state index contributed by atoms with van der Waals surface area (Å²) < 4.78 is 0. The Kier molecular flexibility index (Phi) is 8.66. The number of nitrogens with zero attached hydrogens (tertiary/aromatic N) is 3. The van der Waals surface area contributed by atoms with E-state index in [1.807, 2.05) is 0 Å². The van der Waals surface area contributed by atoms with Crippen LogP contribution in [0.2, 0.25) is 0 Å². The van der Waals surface area contributed by atoms with Crippen LogP contribution >= 0.6 is 0 Å². The van der Waals surface area contributed by atoms with Gasteiger partial charge in [-0.15, -0.1) is 0 Å². The van der Waals surface area contributed by atoms with Gasteiger partial charge in [0.25, 0.3) is 0 Å². The molecule has 3 rings (SSSR count). The molecule has 3 unspecified atom stereocenters. The van der Waals surface area contributed by atoms with Crippen LogP contribution in [0.5, 0.6) is 0 Å². The quantitative estimate of drug-likeness (QED) is 0.126. The highest BCUT2D eigenvalue weighted by molar-refractivity contribution is 5.92. The first kappa shape index (κ1) is 25.1. The summed E-state index contributed by atoms with van der Waals surface area (Å²) in [7, 11) is 0. The lowest BCUT2D eigenvalue weighted by Gasteiger charge is -2.20. The number of aromatic amines is 3. The summed E-state index contributed by atoms with van der Waals surface area (Å²) in [6, 6.07) is -3.24. The van der Waals surface area contributed by atoms with Crippen molar-refractivity contribution in [1.82, 2.24) is 45.9 Å². The van der Waals surface area contributed by atoms with Gasteiger partial charge in [0, 0.05) is 54.9 Å². The fourth-order valence-electron chi connectivity index (χ4n) is 3.18. The van der Waals surface area contributed by atoms with Crippen molar-refractivity contribution in [2.24, 2.45) is 5.73 Å². The van der Waals surface area contributed by atoms with Gasteiger partial charge in [-0.3, -0.25) is 14.4 Å². The average Bonchev–Trinajstić information content (AvgIpc) is 3.60. The Balaban J connectivity index is 1.56. The lowest BCUT2D eigenvalue weighted by Crippen LogP contribution is -2.54. The van der Waals surface area contributed by atoms with Gasteiger partial charge in [-0.05, 0) is 0 Å². The van der Waals surface area contributed by atoms with Gasteiger partial charge in [0.2, 0.25) is 17.7 Å².